The molecule has 0 radical (unpaired) electrons. The molecule has 0 aromatic heterocycles. The quantitative estimate of drug-likeness (QED) is 0.750. The van der Waals surface area contributed by atoms with E-state index in [9.17, 15) is 4.79 Å². The molecule has 0 atom stereocenters. The largest absolute Gasteiger partial charge is 0.299 e. The van der Waals surface area contributed by atoms with E-state index in [0.29, 0.717) is 11.7 Å². The summed E-state index contributed by atoms with van der Waals surface area (Å²) in [6.07, 6.45) is 6.41. The molecule has 0 heterocycles. The molecule has 1 aliphatic carbocycles. The van der Waals surface area contributed by atoms with Gasteiger partial charge in [-0.1, -0.05) is 37.1 Å². The van der Waals surface area contributed by atoms with E-state index in [-0.39, 0.29) is 0 Å². The van der Waals surface area contributed by atoms with Gasteiger partial charge in [-0.15, -0.1) is 0 Å². The Hall–Kier alpha value is -1.11. The van der Waals surface area contributed by atoms with E-state index in [4.69, 9.17) is 0 Å². The van der Waals surface area contributed by atoms with Gasteiger partial charge >= 0.3 is 0 Å². The average Bonchev–Trinajstić information content (AvgIpc) is 2.81. The summed E-state index contributed by atoms with van der Waals surface area (Å²) in [6.45, 7) is 2.12. The lowest BCUT2D eigenvalue weighted by Gasteiger charge is -2.08. The molecule has 86 valence electrons. The summed E-state index contributed by atoms with van der Waals surface area (Å²) in [6, 6.07) is 8.37. The van der Waals surface area contributed by atoms with E-state index in [1.807, 2.05) is 0 Å². The van der Waals surface area contributed by atoms with Crippen molar-refractivity contribution >= 4 is 5.78 Å². The molecule has 1 aromatic rings. The van der Waals surface area contributed by atoms with Crippen molar-refractivity contribution in [2.24, 2.45) is 5.92 Å². The molecule has 1 nitrogen and oxygen atoms in total. The molecule has 0 N–H and O–H groups in total. The van der Waals surface area contributed by atoms with Gasteiger partial charge in [0.1, 0.15) is 5.78 Å². The summed E-state index contributed by atoms with van der Waals surface area (Å²) in [5.41, 5.74) is 2.63. The van der Waals surface area contributed by atoms with E-state index in [0.717, 1.165) is 25.7 Å². The molecule has 0 spiro atoms. The second-order valence-electron chi connectivity index (χ2n) is 4.87. The zero-order valence-corrected chi connectivity index (χ0v) is 10.0. The normalized spacial score (nSPS) is 16.6. The molecule has 1 fully saturated rings. The Morgan fingerprint density at radius 3 is 2.62 bits per heavy atom. The molecule has 16 heavy (non-hydrogen) atoms. The third-order valence-electron chi connectivity index (χ3n) is 3.71. The lowest BCUT2D eigenvalue weighted by Crippen LogP contribution is -2.11. The van der Waals surface area contributed by atoms with Gasteiger partial charge in [0, 0.05) is 12.3 Å². The number of Topliss-reactive ketones (excluding diaryl/α,β-unsaturated/α-hetero) is 1. The van der Waals surface area contributed by atoms with Crippen LogP contribution < -0.4 is 0 Å². The van der Waals surface area contributed by atoms with Crippen LogP contribution in [-0.2, 0) is 11.2 Å². The number of aryl methyl sites for hydroxylation is 2. The highest BCUT2D eigenvalue weighted by Gasteiger charge is 2.21. The highest BCUT2D eigenvalue weighted by atomic mass is 16.1. The molecule has 1 aromatic carbocycles. The summed E-state index contributed by atoms with van der Waals surface area (Å²) in [7, 11) is 0. The number of rotatable bonds is 4. The molecule has 0 amide bonds. The number of carbonyl (C=O) groups is 1. The average molecular weight is 216 g/mol. The van der Waals surface area contributed by atoms with Gasteiger partial charge in [0.05, 0.1) is 0 Å². The predicted molar refractivity (Wildman–Crippen MR) is 66.5 cm³/mol. The fourth-order valence-electron chi connectivity index (χ4n) is 2.60. The third kappa shape index (κ3) is 2.72. The van der Waals surface area contributed by atoms with Crippen LogP contribution in [0.5, 0.6) is 0 Å². The highest BCUT2D eigenvalue weighted by Crippen LogP contribution is 2.27. The Kier molecular flexibility index (Phi) is 3.76. The number of benzene rings is 1. The first-order chi connectivity index (χ1) is 7.77. The van der Waals surface area contributed by atoms with Crippen molar-refractivity contribution in [1.82, 2.24) is 0 Å². The van der Waals surface area contributed by atoms with Crippen LogP contribution in [0, 0.1) is 12.8 Å². The maximum Gasteiger partial charge on any atom is 0.136 e. The highest BCUT2D eigenvalue weighted by molar-refractivity contribution is 5.81. The lowest BCUT2D eigenvalue weighted by molar-refractivity contribution is -0.122. The summed E-state index contributed by atoms with van der Waals surface area (Å²) in [5, 5.41) is 0. The standard InChI is InChI=1S/C15H20O/c1-12-6-2-3-7-13(12)10-11-15(16)14-8-4-5-9-14/h2-3,6-7,14H,4-5,8-11H2,1H3. The molecule has 0 aliphatic heterocycles. The molecular formula is C15H20O. The minimum absolute atomic E-state index is 0.379. The van der Waals surface area contributed by atoms with Crippen LogP contribution in [0.2, 0.25) is 0 Å². The summed E-state index contributed by atoms with van der Waals surface area (Å²) < 4.78 is 0. The smallest absolute Gasteiger partial charge is 0.136 e. The number of hydrogen-bond donors (Lipinski definition) is 0. The fraction of sp³-hybridized carbons (Fsp3) is 0.533. The topological polar surface area (TPSA) is 17.1 Å². The Labute approximate surface area is 97.9 Å². The molecule has 2 rings (SSSR count). The van der Waals surface area contributed by atoms with Crippen molar-refractivity contribution in [3.05, 3.63) is 35.4 Å². The first-order valence-electron chi connectivity index (χ1n) is 6.34. The molecule has 0 saturated heterocycles. The molecule has 1 aliphatic rings. The minimum atomic E-state index is 0.379. The first-order valence-corrected chi connectivity index (χ1v) is 6.34. The van der Waals surface area contributed by atoms with Crippen LogP contribution in [0.4, 0.5) is 0 Å². The summed E-state index contributed by atoms with van der Waals surface area (Å²) in [5.74, 6) is 0.866. The van der Waals surface area contributed by atoms with E-state index in [1.54, 1.807) is 0 Å². The van der Waals surface area contributed by atoms with Gasteiger partial charge in [0.2, 0.25) is 0 Å². The summed E-state index contributed by atoms with van der Waals surface area (Å²) >= 11 is 0. The second kappa shape index (κ2) is 5.29. The Balaban J connectivity index is 1.87. The van der Waals surface area contributed by atoms with Crippen molar-refractivity contribution in [2.75, 3.05) is 0 Å². The lowest BCUT2D eigenvalue weighted by atomic mass is 9.95. The van der Waals surface area contributed by atoms with Gasteiger partial charge in [0.15, 0.2) is 0 Å². The Bertz CT molecular complexity index is 361. The molecule has 0 bridgehead atoms. The summed E-state index contributed by atoms with van der Waals surface area (Å²) in [4.78, 5) is 11.9. The molecule has 0 unspecified atom stereocenters. The number of hydrogen-bond acceptors (Lipinski definition) is 1. The van der Waals surface area contributed by atoms with E-state index in [1.165, 1.54) is 24.0 Å². The van der Waals surface area contributed by atoms with Gasteiger partial charge in [-0.2, -0.15) is 0 Å². The van der Waals surface area contributed by atoms with Crippen molar-refractivity contribution in [2.45, 2.75) is 45.4 Å². The van der Waals surface area contributed by atoms with Crippen LogP contribution in [0.3, 0.4) is 0 Å². The predicted octanol–water partition coefficient (Wildman–Crippen LogP) is 3.69. The third-order valence-corrected chi connectivity index (χ3v) is 3.71. The van der Waals surface area contributed by atoms with E-state index >= 15 is 0 Å². The molecular weight excluding hydrogens is 196 g/mol. The van der Waals surface area contributed by atoms with E-state index in [2.05, 4.69) is 31.2 Å². The first kappa shape index (κ1) is 11.4. The second-order valence-corrected chi connectivity index (χ2v) is 4.87. The van der Waals surface area contributed by atoms with Crippen LogP contribution in [0.1, 0.15) is 43.2 Å². The minimum Gasteiger partial charge on any atom is -0.299 e. The van der Waals surface area contributed by atoms with Crippen molar-refractivity contribution in [3.8, 4) is 0 Å². The molecule has 1 saturated carbocycles. The van der Waals surface area contributed by atoms with Gasteiger partial charge in [-0.05, 0) is 37.3 Å². The van der Waals surface area contributed by atoms with Crippen LogP contribution in [-0.4, -0.2) is 5.78 Å². The van der Waals surface area contributed by atoms with Crippen LogP contribution in [0.15, 0.2) is 24.3 Å². The SMILES string of the molecule is Cc1ccccc1CCC(=O)C1CCCC1. The molecule has 1 heteroatoms. The van der Waals surface area contributed by atoms with Gasteiger partial charge in [-0.25, -0.2) is 0 Å². The Morgan fingerprint density at radius 2 is 1.94 bits per heavy atom. The maximum atomic E-state index is 11.9. The van der Waals surface area contributed by atoms with Gasteiger partial charge in [-0.3, -0.25) is 4.79 Å². The van der Waals surface area contributed by atoms with Crippen LogP contribution in [0.25, 0.3) is 0 Å². The van der Waals surface area contributed by atoms with E-state index < -0.39 is 0 Å². The zero-order valence-electron chi connectivity index (χ0n) is 10.0. The van der Waals surface area contributed by atoms with Crippen molar-refractivity contribution in [3.63, 3.8) is 0 Å². The number of ketones is 1. The monoisotopic (exact) mass is 216 g/mol. The fourth-order valence-corrected chi connectivity index (χ4v) is 2.60. The number of carbonyl (C=O) groups excluding carboxylic acids is 1. The Morgan fingerprint density at radius 1 is 1.25 bits per heavy atom. The van der Waals surface area contributed by atoms with Gasteiger partial charge in [0.25, 0.3) is 0 Å². The van der Waals surface area contributed by atoms with Crippen LogP contribution >= 0.6 is 0 Å². The van der Waals surface area contributed by atoms with Crippen molar-refractivity contribution < 1.29 is 4.79 Å². The van der Waals surface area contributed by atoms with Gasteiger partial charge < -0.3 is 0 Å². The zero-order chi connectivity index (χ0) is 11.4. The maximum absolute atomic E-state index is 11.9. The van der Waals surface area contributed by atoms with Crippen molar-refractivity contribution in [1.29, 1.82) is 0 Å².